The topological polar surface area (TPSA) is 96.0 Å². The molecule has 0 aliphatic heterocycles. The summed E-state index contributed by atoms with van der Waals surface area (Å²) in [6, 6.07) is 15.6. The summed E-state index contributed by atoms with van der Waals surface area (Å²) in [6.45, 7) is 1.31. The highest BCUT2D eigenvalue weighted by Gasteiger charge is 2.25. The van der Waals surface area contributed by atoms with Crippen molar-refractivity contribution in [2.45, 2.75) is 49.5 Å². The molecule has 2 aliphatic carbocycles. The Hall–Kier alpha value is -2.23. The molecule has 2 saturated carbocycles. The van der Waals surface area contributed by atoms with Crippen molar-refractivity contribution >= 4 is 48.6 Å². The molecule has 3 aromatic rings. The van der Waals surface area contributed by atoms with Gasteiger partial charge in [0.15, 0.2) is 0 Å². The SMILES string of the molecule is O=S(=O)(NCC1CCC(CNc2nc(NC3CC3)c3ccccc3n2)CC1)c1ccccc1Br. The van der Waals surface area contributed by atoms with E-state index in [4.69, 9.17) is 9.97 Å². The molecule has 34 heavy (non-hydrogen) atoms. The van der Waals surface area contributed by atoms with E-state index in [1.54, 1.807) is 18.2 Å². The van der Waals surface area contributed by atoms with Gasteiger partial charge < -0.3 is 10.6 Å². The number of hydrogen-bond donors (Lipinski definition) is 3. The number of nitrogens with zero attached hydrogens (tertiary/aromatic N) is 2. The van der Waals surface area contributed by atoms with E-state index in [1.807, 2.05) is 24.3 Å². The normalized spacial score (nSPS) is 20.9. The number of rotatable bonds is 9. The van der Waals surface area contributed by atoms with E-state index in [9.17, 15) is 8.42 Å². The molecule has 0 atom stereocenters. The molecule has 2 aromatic carbocycles. The van der Waals surface area contributed by atoms with Gasteiger partial charge in [-0.3, -0.25) is 0 Å². The third kappa shape index (κ3) is 5.70. The number of para-hydroxylation sites is 1. The van der Waals surface area contributed by atoms with Crippen LogP contribution in [0, 0.1) is 11.8 Å². The summed E-state index contributed by atoms with van der Waals surface area (Å²) in [5.41, 5.74) is 0.948. The van der Waals surface area contributed by atoms with Gasteiger partial charge in [0, 0.05) is 29.0 Å². The average Bonchev–Trinajstić information content (AvgIpc) is 3.66. The van der Waals surface area contributed by atoms with Crippen molar-refractivity contribution in [2.24, 2.45) is 11.8 Å². The Bertz CT molecular complexity index is 1260. The Morgan fingerprint density at radius 2 is 1.53 bits per heavy atom. The van der Waals surface area contributed by atoms with Crippen molar-refractivity contribution < 1.29 is 8.42 Å². The Morgan fingerprint density at radius 1 is 0.853 bits per heavy atom. The van der Waals surface area contributed by atoms with Crippen molar-refractivity contribution in [3.05, 3.63) is 53.0 Å². The van der Waals surface area contributed by atoms with Crippen LogP contribution in [0.2, 0.25) is 0 Å². The molecule has 0 spiro atoms. The first-order valence-electron chi connectivity index (χ1n) is 12.0. The number of fused-ring (bicyclic) bond motifs is 1. The standard InChI is InChI=1S/C25H30BrN5O2S/c26-21-6-2-4-8-23(21)34(32,33)28-16-18-11-9-17(10-12-18)15-27-25-30-22-7-3-1-5-20(22)24(31-25)29-19-13-14-19/h1-8,17-19,28H,9-16H2,(H2,27,29,30,31). The van der Waals surface area contributed by atoms with Gasteiger partial charge in [-0.25, -0.2) is 18.1 Å². The van der Waals surface area contributed by atoms with E-state index in [0.717, 1.165) is 48.9 Å². The van der Waals surface area contributed by atoms with Gasteiger partial charge in [-0.1, -0.05) is 24.3 Å². The monoisotopic (exact) mass is 543 g/mol. The van der Waals surface area contributed by atoms with E-state index in [-0.39, 0.29) is 0 Å². The number of aromatic nitrogens is 2. The molecule has 2 aliphatic rings. The van der Waals surface area contributed by atoms with Crippen molar-refractivity contribution in [1.82, 2.24) is 14.7 Å². The first-order valence-corrected chi connectivity index (χ1v) is 14.3. The van der Waals surface area contributed by atoms with Crippen molar-refractivity contribution in [1.29, 1.82) is 0 Å². The van der Waals surface area contributed by atoms with E-state index >= 15 is 0 Å². The van der Waals surface area contributed by atoms with Crippen LogP contribution >= 0.6 is 15.9 Å². The lowest BCUT2D eigenvalue weighted by molar-refractivity contribution is 0.284. The number of sulfonamides is 1. The molecule has 1 aromatic heterocycles. The van der Waals surface area contributed by atoms with Gasteiger partial charge in [0.25, 0.3) is 0 Å². The van der Waals surface area contributed by atoms with Crippen molar-refractivity contribution in [3.8, 4) is 0 Å². The summed E-state index contributed by atoms with van der Waals surface area (Å²) in [5.74, 6) is 2.48. The van der Waals surface area contributed by atoms with Crippen LogP contribution in [0.3, 0.4) is 0 Å². The molecule has 0 amide bonds. The summed E-state index contributed by atoms with van der Waals surface area (Å²) in [5, 5.41) is 8.06. The number of halogens is 1. The van der Waals surface area contributed by atoms with Gasteiger partial charge in [0.1, 0.15) is 5.82 Å². The maximum Gasteiger partial charge on any atom is 0.241 e. The summed E-state index contributed by atoms with van der Waals surface area (Å²) >= 11 is 3.33. The predicted molar refractivity (Wildman–Crippen MR) is 139 cm³/mol. The van der Waals surface area contributed by atoms with Gasteiger partial charge in [-0.2, -0.15) is 4.98 Å². The van der Waals surface area contributed by atoms with E-state index in [0.29, 0.717) is 39.7 Å². The fourth-order valence-electron chi connectivity index (χ4n) is 4.53. The Balaban J connectivity index is 1.13. The number of benzene rings is 2. The number of nitrogens with one attached hydrogen (secondary N) is 3. The Kier molecular flexibility index (Phi) is 7.04. The Labute approximate surface area is 209 Å². The first kappa shape index (κ1) is 23.5. The second-order valence-electron chi connectivity index (χ2n) is 9.38. The van der Waals surface area contributed by atoms with Gasteiger partial charge in [0.05, 0.1) is 10.4 Å². The van der Waals surface area contributed by atoms with Crippen LogP contribution in [0.5, 0.6) is 0 Å². The minimum Gasteiger partial charge on any atom is -0.367 e. The zero-order chi connectivity index (χ0) is 23.5. The summed E-state index contributed by atoms with van der Waals surface area (Å²) < 4.78 is 28.7. The quantitative estimate of drug-likeness (QED) is 0.344. The van der Waals surface area contributed by atoms with Crippen LogP contribution in [-0.2, 0) is 10.0 Å². The second-order valence-corrected chi connectivity index (χ2v) is 12.0. The lowest BCUT2D eigenvalue weighted by Crippen LogP contribution is -2.32. The highest BCUT2D eigenvalue weighted by molar-refractivity contribution is 9.10. The molecule has 5 rings (SSSR count). The van der Waals surface area contributed by atoms with Gasteiger partial charge >= 0.3 is 0 Å². The molecule has 180 valence electrons. The molecule has 9 heteroatoms. The lowest BCUT2D eigenvalue weighted by Gasteiger charge is -2.28. The molecule has 1 heterocycles. The highest BCUT2D eigenvalue weighted by Crippen LogP contribution is 2.31. The molecule has 3 N–H and O–H groups in total. The predicted octanol–water partition coefficient (Wildman–Crippen LogP) is 5.16. The summed E-state index contributed by atoms with van der Waals surface area (Å²) in [6.07, 6.45) is 6.55. The number of hydrogen-bond acceptors (Lipinski definition) is 6. The van der Waals surface area contributed by atoms with Gasteiger partial charge in [-0.15, -0.1) is 0 Å². The second kappa shape index (κ2) is 10.2. The lowest BCUT2D eigenvalue weighted by atomic mass is 9.82. The van der Waals surface area contributed by atoms with E-state index < -0.39 is 10.0 Å². The molecule has 0 radical (unpaired) electrons. The van der Waals surface area contributed by atoms with Crippen LogP contribution in [0.25, 0.3) is 10.9 Å². The molecule has 0 saturated heterocycles. The molecule has 0 bridgehead atoms. The largest absolute Gasteiger partial charge is 0.367 e. The molecule has 2 fully saturated rings. The maximum absolute atomic E-state index is 12.6. The summed E-state index contributed by atoms with van der Waals surface area (Å²) in [4.78, 5) is 9.76. The highest BCUT2D eigenvalue weighted by atomic mass is 79.9. The van der Waals surface area contributed by atoms with Gasteiger partial charge in [0.2, 0.25) is 16.0 Å². The van der Waals surface area contributed by atoms with Gasteiger partial charge in [-0.05, 0) is 90.6 Å². The third-order valence-corrected chi connectivity index (χ3v) is 9.16. The smallest absolute Gasteiger partial charge is 0.241 e. The van der Waals surface area contributed by atoms with E-state index in [2.05, 4.69) is 37.4 Å². The van der Waals surface area contributed by atoms with Crippen LogP contribution in [0.1, 0.15) is 38.5 Å². The van der Waals surface area contributed by atoms with Crippen LogP contribution < -0.4 is 15.4 Å². The van der Waals surface area contributed by atoms with Crippen LogP contribution in [0.4, 0.5) is 11.8 Å². The molecular weight excluding hydrogens is 514 g/mol. The van der Waals surface area contributed by atoms with Crippen LogP contribution in [0.15, 0.2) is 57.9 Å². The fourth-order valence-corrected chi connectivity index (χ4v) is 6.65. The average molecular weight is 545 g/mol. The third-order valence-electron chi connectivity index (χ3n) is 6.72. The first-order chi connectivity index (χ1) is 16.5. The van der Waals surface area contributed by atoms with E-state index in [1.165, 1.54) is 12.8 Å². The Morgan fingerprint density at radius 3 is 2.26 bits per heavy atom. The fraction of sp³-hybridized carbons (Fsp3) is 0.440. The number of anilines is 2. The molecule has 0 unspecified atom stereocenters. The minimum absolute atomic E-state index is 0.291. The van der Waals surface area contributed by atoms with Crippen molar-refractivity contribution in [3.63, 3.8) is 0 Å². The zero-order valence-electron chi connectivity index (χ0n) is 19.0. The summed E-state index contributed by atoms with van der Waals surface area (Å²) in [7, 11) is -3.51. The molecular formula is C25H30BrN5O2S. The maximum atomic E-state index is 12.6. The zero-order valence-corrected chi connectivity index (χ0v) is 21.4. The van der Waals surface area contributed by atoms with Crippen molar-refractivity contribution in [2.75, 3.05) is 23.7 Å². The molecule has 7 nitrogen and oxygen atoms in total. The minimum atomic E-state index is -3.51. The van der Waals surface area contributed by atoms with Crippen LogP contribution in [-0.4, -0.2) is 37.5 Å².